The molecule has 0 bridgehead atoms. The molecule has 5 rings (SSSR count). The third kappa shape index (κ3) is 5.36. The Morgan fingerprint density at radius 1 is 1.05 bits per heavy atom. The van der Waals surface area contributed by atoms with Crippen molar-refractivity contribution >= 4 is 39.6 Å². The fourth-order valence-electron chi connectivity index (χ4n) is 4.41. The zero-order chi connectivity index (χ0) is 25.8. The molecule has 188 valence electrons. The van der Waals surface area contributed by atoms with E-state index in [0.717, 1.165) is 23.0 Å². The van der Waals surface area contributed by atoms with E-state index in [1.54, 1.807) is 30.4 Å². The molecule has 2 amide bonds. The van der Waals surface area contributed by atoms with Crippen molar-refractivity contribution in [2.24, 2.45) is 0 Å². The number of imidazole rings is 2. The Balaban J connectivity index is 1.43. The fourth-order valence-corrected chi connectivity index (χ4v) is 4.41. The number of ether oxygens (including phenoxy) is 1. The van der Waals surface area contributed by atoms with Crippen LogP contribution in [0.2, 0.25) is 0 Å². The van der Waals surface area contributed by atoms with Crippen LogP contribution in [-0.2, 0) is 29.0 Å². The number of fused-ring (bicyclic) bond motifs is 2. The van der Waals surface area contributed by atoms with Crippen LogP contribution < -0.4 is 5.32 Å². The normalized spacial score (nSPS) is 11.2. The van der Waals surface area contributed by atoms with Gasteiger partial charge >= 0.3 is 0 Å². The van der Waals surface area contributed by atoms with Crippen molar-refractivity contribution in [1.29, 1.82) is 0 Å². The molecule has 0 aliphatic carbocycles. The van der Waals surface area contributed by atoms with Crippen molar-refractivity contribution < 1.29 is 14.3 Å². The average molecular weight is 497 g/mol. The second kappa shape index (κ2) is 10.6. The molecule has 9 heteroatoms. The van der Waals surface area contributed by atoms with Gasteiger partial charge in [-0.1, -0.05) is 42.5 Å². The topological polar surface area (TPSA) is 105 Å². The van der Waals surface area contributed by atoms with Crippen LogP contribution >= 0.6 is 0 Å². The van der Waals surface area contributed by atoms with Crippen molar-refractivity contribution in [3.05, 3.63) is 90.0 Å². The first-order valence-corrected chi connectivity index (χ1v) is 12.0. The standard InChI is InChI=1S/C28H28N6O3/c1-33(16-25-30-21-10-6-7-11-22(21)31-25)28(36)20-14-23-27(24(15-20)32-26(35)17-37-2)34(18-29-23)13-12-19-8-4-3-5-9-19/h3-11,14-15,18H,12-13,16-17H2,1-2H3,(H,30,31)(H,32,35). The first-order valence-electron chi connectivity index (χ1n) is 12.0. The Hall–Kier alpha value is -4.50. The number of anilines is 1. The van der Waals surface area contributed by atoms with Gasteiger partial charge in [-0.25, -0.2) is 9.97 Å². The van der Waals surface area contributed by atoms with E-state index in [-0.39, 0.29) is 18.4 Å². The summed E-state index contributed by atoms with van der Waals surface area (Å²) in [6, 6.07) is 21.4. The SMILES string of the molecule is COCC(=O)Nc1cc(C(=O)N(C)Cc2nc3ccccc3[nH]2)cc2ncn(CCc3ccccc3)c12. The van der Waals surface area contributed by atoms with Crippen molar-refractivity contribution in [2.75, 3.05) is 26.1 Å². The van der Waals surface area contributed by atoms with Gasteiger partial charge in [0.1, 0.15) is 12.4 Å². The summed E-state index contributed by atoms with van der Waals surface area (Å²) in [5, 5.41) is 2.90. The molecule has 0 unspecified atom stereocenters. The van der Waals surface area contributed by atoms with E-state index < -0.39 is 0 Å². The maximum absolute atomic E-state index is 13.4. The second-order valence-electron chi connectivity index (χ2n) is 8.91. The third-order valence-corrected chi connectivity index (χ3v) is 6.17. The number of amides is 2. The molecular weight excluding hydrogens is 468 g/mol. The molecule has 0 saturated heterocycles. The molecule has 0 aliphatic heterocycles. The van der Waals surface area contributed by atoms with Crippen LogP contribution in [0.3, 0.4) is 0 Å². The van der Waals surface area contributed by atoms with Gasteiger partial charge in [-0.15, -0.1) is 0 Å². The molecule has 0 saturated carbocycles. The molecule has 2 N–H and O–H groups in total. The first-order chi connectivity index (χ1) is 18.0. The van der Waals surface area contributed by atoms with Crippen LogP contribution in [0, 0.1) is 0 Å². The van der Waals surface area contributed by atoms with Gasteiger partial charge in [0.05, 0.1) is 40.6 Å². The lowest BCUT2D eigenvalue weighted by molar-refractivity contribution is -0.119. The van der Waals surface area contributed by atoms with E-state index in [4.69, 9.17) is 4.74 Å². The number of nitrogens with zero attached hydrogens (tertiary/aromatic N) is 4. The number of methoxy groups -OCH3 is 1. The van der Waals surface area contributed by atoms with E-state index in [2.05, 4.69) is 32.4 Å². The molecule has 2 heterocycles. The molecule has 0 radical (unpaired) electrons. The fraction of sp³-hybridized carbons (Fsp3) is 0.214. The zero-order valence-corrected chi connectivity index (χ0v) is 20.8. The smallest absolute Gasteiger partial charge is 0.254 e. The van der Waals surface area contributed by atoms with Gasteiger partial charge in [0.2, 0.25) is 5.91 Å². The van der Waals surface area contributed by atoms with Crippen molar-refractivity contribution in [3.63, 3.8) is 0 Å². The van der Waals surface area contributed by atoms with Gasteiger partial charge in [0.25, 0.3) is 5.91 Å². The highest BCUT2D eigenvalue weighted by Gasteiger charge is 2.19. The Kier molecular flexibility index (Phi) is 6.96. The van der Waals surface area contributed by atoms with E-state index >= 15 is 0 Å². The van der Waals surface area contributed by atoms with Crippen molar-refractivity contribution in [3.8, 4) is 0 Å². The van der Waals surface area contributed by atoms with E-state index in [9.17, 15) is 9.59 Å². The van der Waals surface area contributed by atoms with Gasteiger partial charge in [-0.3, -0.25) is 9.59 Å². The molecule has 3 aromatic carbocycles. The summed E-state index contributed by atoms with van der Waals surface area (Å²) in [6.07, 6.45) is 2.55. The van der Waals surface area contributed by atoms with Crippen LogP contribution in [-0.4, -0.2) is 57.0 Å². The Bertz CT molecular complexity index is 1520. The van der Waals surface area contributed by atoms with Gasteiger partial charge in [0.15, 0.2) is 0 Å². The summed E-state index contributed by atoms with van der Waals surface area (Å²) in [4.78, 5) is 39.8. The van der Waals surface area contributed by atoms with Crippen LogP contribution in [0.1, 0.15) is 21.7 Å². The van der Waals surface area contributed by atoms with Crippen LogP contribution in [0.15, 0.2) is 73.1 Å². The minimum Gasteiger partial charge on any atom is -0.375 e. The Labute approximate surface area is 214 Å². The summed E-state index contributed by atoms with van der Waals surface area (Å²) in [5.41, 5.74) is 5.31. The molecule has 2 aromatic heterocycles. The summed E-state index contributed by atoms with van der Waals surface area (Å²) < 4.78 is 6.99. The van der Waals surface area contributed by atoms with Gasteiger partial charge < -0.3 is 24.5 Å². The lowest BCUT2D eigenvalue weighted by atomic mass is 10.1. The van der Waals surface area contributed by atoms with Crippen LogP contribution in [0.25, 0.3) is 22.1 Å². The van der Waals surface area contributed by atoms with Gasteiger partial charge in [-0.05, 0) is 36.2 Å². The lowest BCUT2D eigenvalue weighted by Crippen LogP contribution is -2.27. The van der Waals surface area contributed by atoms with Gasteiger partial charge in [-0.2, -0.15) is 0 Å². The highest BCUT2D eigenvalue weighted by atomic mass is 16.5. The van der Waals surface area contributed by atoms with E-state index in [1.165, 1.54) is 12.7 Å². The number of rotatable bonds is 9. The number of nitrogens with one attached hydrogen (secondary N) is 2. The highest BCUT2D eigenvalue weighted by Crippen LogP contribution is 2.27. The first kappa shape index (κ1) is 24.2. The number of carbonyl (C=O) groups is 2. The second-order valence-corrected chi connectivity index (χ2v) is 8.91. The maximum atomic E-state index is 13.4. The molecule has 0 atom stereocenters. The monoisotopic (exact) mass is 496 g/mol. The zero-order valence-electron chi connectivity index (χ0n) is 20.8. The predicted molar refractivity (Wildman–Crippen MR) is 142 cm³/mol. The van der Waals surface area contributed by atoms with Crippen molar-refractivity contribution in [2.45, 2.75) is 19.5 Å². The minimum atomic E-state index is -0.306. The summed E-state index contributed by atoms with van der Waals surface area (Å²) in [7, 11) is 3.19. The van der Waals surface area contributed by atoms with Crippen LogP contribution in [0.4, 0.5) is 5.69 Å². The lowest BCUT2D eigenvalue weighted by Gasteiger charge is -2.17. The number of benzene rings is 3. The maximum Gasteiger partial charge on any atom is 0.254 e. The van der Waals surface area contributed by atoms with Gasteiger partial charge in [0, 0.05) is 26.3 Å². The van der Waals surface area contributed by atoms with Crippen LogP contribution in [0.5, 0.6) is 0 Å². The largest absolute Gasteiger partial charge is 0.375 e. The van der Waals surface area contributed by atoms with Crippen molar-refractivity contribution in [1.82, 2.24) is 24.4 Å². The Morgan fingerprint density at radius 3 is 2.62 bits per heavy atom. The number of aromatic amines is 1. The minimum absolute atomic E-state index is 0.0935. The number of H-pyrrole nitrogens is 1. The molecule has 0 aliphatic rings. The van der Waals surface area contributed by atoms with E-state index in [0.29, 0.717) is 35.7 Å². The van der Waals surface area contributed by atoms with E-state index in [1.807, 2.05) is 47.0 Å². The number of hydrogen-bond donors (Lipinski definition) is 2. The summed E-state index contributed by atoms with van der Waals surface area (Å²) in [6.45, 7) is 0.888. The molecule has 37 heavy (non-hydrogen) atoms. The number of hydrogen-bond acceptors (Lipinski definition) is 5. The highest BCUT2D eigenvalue weighted by molar-refractivity contribution is 6.05. The number of aromatic nitrogens is 4. The summed E-state index contributed by atoms with van der Waals surface area (Å²) in [5.74, 6) is 0.181. The molecule has 0 fully saturated rings. The molecular formula is C28H28N6O3. The molecule has 0 spiro atoms. The number of aryl methyl sites for hydroxylation is 2. The average Bonchev–Trinajstić information content (AvgIpc) is 3.51. The number of carbonyl (C=O) groups excluding carboxylic acids is 2. The Morgan fingerprint density at radius 2 is 1.84 bits per heavy atom. The summed E-state index contributed by atoms with van der Waals surface area (Å²) >= 11 is 0. The number of para-hydroxylation sites is 2. The molecule has 9 nitrogen and oxygen atoms in total. The molecule has 5 aromatic rings. The quantitative estimate of drug-likeness (QED) is 0.321. The predicted octanol–water partition coefficient (Wildman–Crippen LogP) is 4.01. The third-order valence-electron chi connectivity index (χ3n) is 6.17.